The number of fused-ring (bicyclic) bond motifs is 4. The Morgan fingerprint density at radius 1 is 1.04 bits per heavy atom. The minimum Gasteiger partial charge on any atom is -0.490 e. The Morgan fingerprint density at radius 2 is 1.81 bits per heavy atom. The van der Waals surface area contributed by atoms with Gasteiger partial charge >= 0.3 is 0 Å². The van der Waals surface area contributed by atoms with Crippen molar-refractivity contribution >= 4 is 39.5 Å². The van der Waals surface area contributed by atoms with Gasteiger partial charge in [0.2, 0.25) is 10.0 Å². The van der Waals surface area contributed by atoms with E-state index >= 15 is 0 Å². The number of nitrogens with one attached hydrogen (secondary N) is 1. The molecular formula is C41H58ClN3O7S. The lowest BCUT2D eigenvalue weighted by Crippen LogP contribution is -2.62. The molecule has 10 nitrogen and oxygen atoms in total. The molecule has 1 unspecified atom stereocenters. The van der Waals surface area contributed by atoms with Crippen LogP contribution in [-0.4, -0.2) is 92.0 Å². The number of aldehydes is 1. The molecule has 2 aromatic rings. The number of hydrogen-bond donors (Lipinski definition) is 3. The summed E-state index contributed by atoms with van der Waals surface area (Å²) < 4.78 is 35.3. The highest BCUT2D eigenvalue weighted by atomic mass is 35.5. The average Bonchev–Trinajstić information content (AvgIpc) is 3.27. The second kappa shape index (κ2) is 16.2. The summed E-state index contributed by atoms with van der Waals surface area (Å²) in [5.41, 5.74) is 3.55. The standard InChI is InChI=1S/C33H41ClN2O5S.C8H17NO2/c1-21-5-3-6-26(18-37)28-11-8-25(28)17-36-19-33(14-4-7-23-15-27(34)10-12-29(23)33)20-41-31-13-9-24(16-30(31)36)32(38)35-42(39,40)22(21)2;1-8(2)3-4-9(8)7(5-10)6-11/h9-10,12-13,15-16,18,21-22,25-26,28H,3-8,11,14,17,19-20H2,1-2H3,(H,35,38);7,10-11H,3-6H2,1-2H3/t21-,22+,25-,26?,28+,33-;/m0./s1. The van der Waals surface area contributed by atoms with Gasteiger partial charge in [0.15, 0.2) is 0 Å². The predicted molar refractivity (Wildman–Crippen MR) is 208 cm³/mol. The monoisotopic (exact) mass is 771 g/mol. The number of carbonyl (C=O) groups is 2. The van der Waals surface area contributed by atoms with Crippen LogP contribution in [0.5, 0.6) is 5.75 Å². The van der Waals surface area contributed by atoms with E-state index in [1.54, 1.807) is 25.1 Å². The van der Waals surface area contributed by atoms with E-state index in [1.807, 2.05) is 13.0 Å². The number of benzene rings is 2. The van der Waals surface area contributed by atoms with Gasteiger partial charge in [0.25, 0.3) is 5.91 Å². The lowest BCUT2D eigenvalue weighted by molar-refractivity contribution is -0.115. The first-order chi connectivity index (χ1) is 25.2. The second-order valence-corrected chi connectivity index (χ2v) is 19.4. The number of aliphatic hydroxyl groups excluding tert-OH is 2. The smallest absolute Gasteiger partial charge is 0.264 e. The number of aliphatic hydroxyl groups is 2. The van der Waals surface area contributed by atoms with Crippen molar-refractivity contribution in [3.05, 3.63) is 58.1 Å². The van der Waals surface area contributed by atoms with Gasteiger partial charge in [-0.05, 0) is 131 Å². The highest BCUT2D eigenvalue weighted by Gasteiger charge is 2.45. The van der Waals surface area contributed by atoms with Crippen molar-refractivity contribution in [2.45, 2.75) is 108 Å². The van der Waals surface area contributed by atoms with Gasteiger partial charge in [0.1, 0.15) is 12.0 Å². The molecule has 0 aromatic heterocycles. The topological polar surface area (TPSA) is 136 Å². The zero-order valence-corrected chi connectivity index (χ0v) is 33.3. The third-order valence-corrected chi connectivity index (χ3v) is 15.4. The molecule has 1 saturated carbocycles. The van der Waals surface area contributed by atoms with Crippen molar-refractivity contribution in [2.75, 3.05) is 44.4 Å². The van der Waals surface area contributed by atoms with Crippen LogP contribution in [0.4, 0.5) is 5.69 Å². The van der Waals surface area contributed by atoms with Crippen LogP contribution in [0.3, 0.4) is 0 Å². The van der Waals surface area contributed by atoms with Crippen LogP contribution in [0.25, 0.3) is 0 Å². The maximum Gasteiger partial charge on any atom is 0.264 e. The molecule has 1 spiro atoms. The van der Waals surface area contributed by atoms with E-state index < -0.39 is 21.2 Å². The highest BCUT2D eigenvalue weighted by Crippen LogP contribution is 2.47. The maximum absolute atomic E-state index is 13.3. The van der Waals surface area contributed by atoms with E-state index in [2.05, 4.69) is 40.5 Å². The van der Waals surface area contributed by atoms with E-state index in [0.717, 1.165) is 81.5 Å². The average molecular weight is 772 g/mol. The summed E-state index contributed by atoms with van der Waals surface area (Å²) >= 11 is 6.39. The Kier molecular flexibility index (Phi) is 12.2. The SMILES string of the molecule is CC1(C)CCN1C(CO)CO.C[C@@H]1[C@@H](C)CCCC(C=O)[C@@H]2CC[C@H]2CN2C[C@@]3(CCCc4cc(Cl)ccc43)COc3ccc(cc32)C(=O)NS1(=O)=O. The minimum atomic E-state index is -3.89. The normalized spacial score (nSPS) is 30.9. The number of hydrogen-bond acceptors (Lipinski definition) is 9. The van der Waals surface area contributed by atoms with Crippen LogP contribution < -0.4 is 14.4 Å². The number of anilines is 1. The maximum atomic E-state index is 13.3. The fourth-order valence-corrected chi connectivity index (χ4v) is 10.9. The number of likely N-dealkylation sites (tertiary alicyclic amines) is 1. The third kappa shape index (κ3) is 8.30. The molecule has 3 heterocycles. The highest BCUT2D eigenvalue weighted by molar-refractivity contribution is 7.90. The summed E-state index contributed by atoms with van der Waals surface area (Å²) in [6.07, 6.45) is 9.59. The largest absolute Gasteiger partial charge is 0.490 e. The lowest BCUT2D eigenvalue weighted by atomic mass is 9.65. The molecule has 7 rings (SSSR count). The molecule has 2 fully saturated rings. The van der Waals surface area contributed by atoms with Crippen molar-refractivity contribution < 1.29 is 33.0 Å². The van der Waals surface area contributed by atoms with Gasteiger partial charge in [0.05, 0.1) is 36.8 Å². The van der Waals surface area contributed by atoms with Crippen LogP contribution in [0.15, 0.2) is 36.4 Å². The number of aryl methyl sites for hydroxylation is 1. The molecule has 6 atom stereocenters. The van der Waals surface area contributed by atoms with Crippen molar-refractivity contribution in [2.24, 2.45) is 23.7 Å². The molecule has 2 aromatic carbocycles. The lowest BCUT2D eigenvalue weighted by Gasteiger charge is -2.51. The molecular weight excluding hydrogens is 714 g/mol. The summed E-state index contributed by atoms with van der Waals surface area (Å²) in [5, 5.41) is 17.8. The van der Waals surface area contributed by atoms with Crippen molar-refractivity contribution in [3.8, 4) is 5.75 Å². The van der Waals surface area contributed by atoms with Gasteiger partial charge in [-0.15, -0.1) is 0 Å². The number of nitrogens with zero attached hydrogens (tertiary/aromatic N) is 2. The number of amides is 1. The predicted octanol–water partition coefficient (Wildman–Crippen LogP) is 5.75. The first-order valence-corrected chi connectivity index (χ1v) is 21.4. The molecule has 12 heteroatoms. The first kappa shape index (κ1) is 40.0. The summed E-state index contributed by atoms with van der Waals surface area (Å²) in [7, 11) is -3.89. The minimum absolute atomic E-state index is 0.0315. The first-order valence-electron chi connectivity index (χ1n) is 19.5. The molecule has 292 valence electrons. The number of rotatable bonds is 4. The fourth-order valence-electron chi connectivity index (χ4n) is 9.42. The van der Waals surface area contributed by atoms with E-state index in [1.165, 1.54) is 11.1 Å². The van der Waals surface area contributed by atoms with Crippen LogP contribution in [0, 0.1) is 23.7 Å². The molecule has 1 amide bonds. The Labute approximate surface area is 320 Å². The van der Waals surface area contributed by atoms with Crippen molar-refractivity contribution in [3.63, 3.8) is 0 Å². The molecule has 5 aliphatic rings. The number of sulfonamides is 1. The van der Waals surface area contributed by atoms with Gasteiger partial charge in [-0.2, -0.15) is 0 Å². The molecule has 2 bridgehead atoms. The Balaban J connectivity index is 0.000000376. The van der Waals surface area contributed by atoms with Crippen LogP contribution in [0.1, 0.15) is 101 Å². The number of carbonyl (C=O) groups excluding carboxylic acids is 2. The van der Waals surface area contributed by atoms with Gasteiger partial charge in [-0.25, -0.2) is 13.1 Å². The molecule has 1 saturated heterocycles. The summed E-state index contributed by atoms with van der Waals surface area (Å²) in [5.74, 6) is 0.559. The van der Waals surface area contributed by atoms with Crippen LogP contribution in [-0.2, 0) is 26.7 Å². The molecule has 0 radical (unpaired) electrons. The van der Waals surface area contributed by atoms with Gasteiger partial charge < -0.3 is 24.6 Å². The third-order valence-electron chi connectivity index (χ3n) is 13.3. The number of ether oxygens (including phenoxy) is 1. The van der Waals surface area contributed by atoms with Gasteiger partial charge in [-0.3, -0.25) is 9.69 Å². The van der Waals surface area contributed by atoms with E-state index in [4.69, 9.17) is 26.6 Å². The van der Waals surface area contributed by atoms with Gasteiger partial charge in [-0.1, -0.05) is 31.0 Å². The fraction of sp³-hybridized carbons (Fsp3) is 0.659. The van der Waals surface area contributed by atoms with Crippen molar-refractivity contribution in [1.82, 2.24) is 9.62 Å². The quantitative estimate of drug-likeness (QED) is 0.333. The molecule has 53 heavy (non-hydrogen) atoms. The Bertz CT molecular complexity index is 1750. The Hall–Kier alpha value is -2.70. The van der Waals surface area contributed by atoms with Crippen molar-refractivity contribution in [1.29, 1.82) is 0 Å². The summed E-state index contributed by atoms with van der Waals surface area (Å²) in [6.45, 7) is 10.9. The Morgan fingerprint density at radius 3 is 2.43 bits per heavy atom. The number of halogens is 1. The zero-order chi connectivity index (χ0) is 38.1. The van der Waals surface area contributed by atoms with E-state index in [9.17, 15) is 18.0 Å². The van der Waals surface area contributed by atoms with Crippen LogP contribution in [0.2, 0.25) is 5.02 Å². The van der Waals surface area contributed by atoms with E-state index in [-0.39, 0.29) is 42.0 Å². The second-order valence-electron chi connectivity index (χ2n) is 17.0. The van der Waals surface area contributed by atoms with Crippen LogP contribution >= 0.6 is 11.6 Å². The van der Waals surface area contributed by atoms with Gasteiger partial charge in [0, 0.05) is 47.1 Å². The molecule has 2 aliphatic carbocycles. The molecule has 3 aliphatic heterocycles. The molecule has 3 N–H and O–H groups in total. The van der Waals surface area contributed by atoms with E-state index in [0.29, 0.717) is 42.7 Å². The zero-order valence-electron chi connectivity index (χ0n) is 31.7. The summed E-state index contributed by atoms with van der Waals surface area (Å²) in [6, 6.07) is 11.4. The summed E-state index contributed by atoms with van der Waals surface area (Å²) in [4.78, 5) is 30.2.